The summed E-state index contributed by atoms with van der Waals surface area (Å²) in [4.78, 5) is 29.2. The van der Waals surface area contributed by atoms with Crippen LogP contribution in [-0.4, -0.2) is 84.0 Å². The second-order valence-corrected chi connectivity index (χ2v) is 5.48. The Morgan fingerprint density at radius 1 is 1.16 bits per heavy atom. The molecule has 0 bridgehead atoms. The van der Waals surface area contributed by atoms with Gasteiger partial charge < -0.3 is 19.8 Å². The van der Waals surface area contributed by atoms with Gasteiger partial charge in [0.2, 0.25) is 5.91 Å². The summed E-state index contributed by atoms with van der Waals surface area (Å²) in [6.07, 6.45) is 1.83. The fraction of sp³-hybridized carbons (Fsp3) is 0.846. The van der Waals surface area contributed by atoms with E-state index in [-0.39, 0.29) is 5.91 Å². The third kappa shape index (κ3) is 3.67. The Bertz CT molecular complexity index is 340. The predicted molar refractivity (Wildman–Crippen MR) is 70.9 cm³/mol. The van der Waals surface area contributed by atoms with Crippen LogP contribution in [0.4, 0.5) is 0 Å². The third-order valence-corrected chi connectivity index (χ3v) is 4.10. The summed E-state index contributed by atoms with van der Waals surface area (Å²) in [6, 6.07) is -0.597. The second-order valence-electron chi connectivity index (χ2n) is 5.48. The molecule has 0 aromatic carbocycles. The van der Waals surface area contributed by atoms with Crippen LogP contribution in [0.3, 0.4) is 0 Å². The number of carboxylic acids is 1. The molecule has 6 heteroatoms. The summed E-state index contributed by atoms with van der Waals surface area (Å²) in [5.74, 6) is -0.880. The molecular formula is C13H23N3O3. The highest BCUT2D eigenvalue weighted by Crippen LogP contribution is 2.18. The molecule has 2 heterocycles. The lowest BCUT2D eigenvalue weighted by Crippen LogP contribution is -2.46. The van der Waals surface area contributed by atoms with E-state index in [1.807, 2.05) is 0 Å². The molecule has 0 radical (unpaired) electrons. The first-order chi connectivity index (χ1) is 9.08. The number of carbonyl (C=O) groups is 2. The summed E-state index contributed by atoms with van der Waals surface area (Å²) < 4.78 is 0. The number of likely N-dealkylation sites (N-methyl/N-ethyl adjacent to an activating group) is 1. The number of aliphatic carboxylic acids is 1. The maximum absolute atomic E-state index is 12.1. The van der Waals surface area contributed by atoms with Gasteiger partial charge in [-0.15, -0.1) is 0 Å². The van der Waals surface area contributed by atoms with Crippen LogP contribution in [0.2, 0.25) is 0 Å². The van der Waals surface area contributed by atoms with E-state index in [2.05, 4.69) is 16.8 Å². The van der Waals surface area contributed by atoms with Crippen molar-refractivity contribution in [2.75, 3.05) is 46.3 Å². The fourth-order valence-corrected chi connectivity index (χ4v) is 2.79. The first kappa shape index (κ1) is 14.3. The molecular weight excluding hydrogens is 246 g/mol. The van der Waals surface area contributed by atoms with Crippen molar-refractivity contribution in [1.82, 2.24) is 14.7 Å². The number of amides is 1. The molecule has 0 aromatic rings. The van der Waals surface area contributed by atoms with E-state index in [1.54, 1.807) is 4.90 Å². The van der Waals surface area contributed by atoms with E-state index in [0.717, 1.165) is 39.1 Å². The van der Waals surface area contributed by atoms with Gasteiger partial charge in [-0.25, -0.2) is 4.79 Å². The lowest BCUT2D eigenvalue weighted by molar-refractivity contribution is -0.148. The van der Waals surface area contributed by atoms with E-state index >= 15 is 0 Å². The van der Waals surface area contributed by atoms with Gasteiger partial charge in [0.25, 0.3) is 0 Å². The summed E-state index contributed by atoms with van der Waals surface area (Å²) >= 11 is 0. The lowest BCUT2D eigenvalue weighted by atomic mass is 10.2. The van der Waals surface area contributed by atoms with Crippen molar-refractivity contribution >= 4 is 11.9 Å². The van der Waals surface area contributed by atoms with Gasteiger partial charge in [-0.05, 0) is 19.9 Å². The first-order valence-corrected chi connectivity index (χ1v) is 7.01. The van der Waals surface area contributed by atoms with E-state index in [4.69, 9.17) is 5.11 Å². The number of piperazine rings is 1. The topological polar surface area (TPSA) is 64.1 Å². The lowest BCUT2D eigenvalue weighted by Gasteiger charge is -2.32. The molecule has 0 aromatic heterocycles. The number of nitrogens with zero attached hydrogens (tertiary/aromatic N) is 3. The summed E-state index contributed by atoms with van der Waals surface area (Å²) in [5.41, 5.74) is 0. The van der Waals surface area contributed by atoms with Crippen molar-refractivity contribution in [2.45, 2.75) is 25.3 Å². The number of rotatable bonds is 4. The van der Waals surface area contributed by atoms with E-state index in [9.17, 15) is 9.59 Å². The molecule has 2 aliphatic rings. The Morgan fingerprint density at radius 2 is 1.84 bits per heavy atom. The Balaban J connectivity index is 1.76. The number of carboxylic acid groups (broad SMARTS) is 1. The van der Waals surface area contributed by atoms with Gasteiger partial charge in [0.05, 0.1) is 0 Å². The quantitative estimate of drug-likeness (QED) is 0.759. The molecule has 1 N–H and O–H groups in total. The molecule has 6 nitrogen and oxygen atoms in total. The molecule has 0 aliphatic carbocycles. The molecule has 1 atom stereocenters. The summed E-state index contributed by atoms with van der Waals surface area (Å²) in [5, 5.41) is 9.07. The van der Waals surface area contributed by atoms with Crippen molar-refractivity contribution in [3.8, 4) is 0 Å². The first-order valence-electron chi connectivity index (χ1n) is 7.01. The van der Waals surface area contributed by atoms with Gasteiger partial charge in [-0.2, -0.15) is 0 Å². The van der Waals surface area contributed by atoms with Crippen LogP contribution in [0.1, 0.15) is 19.3 Å². The molecule has 19 heavy (non-hydrogen) atoms. The Hall–Kier alpha value is -1.14. The van der Waals surface area contributed by atoms with Crippen LogP contribution >= 0.6 is 0 Å². The highest BCUT2D eigenvalue weighted by Gasteiger charge is 2.33. The number of likely N-dealkylation sites (tertiary alicyclic amines) is 1. The SMILES string of the molecule is CN1CCN(CCC(=O)N2CCCC2C(=O)O)CC1. The van der Waals surface area contributed by atoms with E-state index < -0.39 is 12.0 Å². The smallest absolute Gasteiger partial charge is 0.326 e. The zero-order valence-electron chi connectivity index (χ0n) is 11.5. The number of hydrogen-bond acceptors (Lipinski definition) is 4. The molecule has 108 valence electrons. The largest absolute Gasteiger partial charge is 0.480 e. The van der Waals surface area contributed by atoms with Crippen molar-refractivity contribution in [3.63, 3.8) is 0 Å². The standard InChI is InChI=1S/C13H23N3O3/c1-14-7-9-15(10-8-14)6-4-12(17)16-5-2-3-11(16)13(18)19/h11H,2-10H2,1H3,(H,18,19). The Morgan fingerprint density at radius 3 is 2.47 bits per heavy atom. The third-order valence-electron chi connectivity index (χ3n) is 4.10. The monoisotopic (exact) mass is 269 g/mol. The van der Waals surface area contributed by atoms with Gasteiger partial charge in [0.15, 0.2) is 0 Å². The van der Waals surface area contributed by atoms with Crippen LogP contribution < -0.4 is 0 Å². The molecule has 0 saturated carbocycles. The van der Waals surface area contributed by atoms with Crippen LogP contribution in [0.5, 0.6) is 0 Å². The maximum atomic E-state index is 12.1. The van der Waals surface area contributed by atoms with E-state index in [1.165, 1.54) is 0 Å². The average molecular weight is 269 g/mol. The number of hydrogen-bond donors (Lipinski definition) is 1. The van der Waals surface area contributed by atoms with Crippen molar-refractivity contribution in [1.29, 1.82) is 0 Å². The predicted octanol–water partition coefficient (Wildman–Crippen LogP) is -0.300. The van der Waals surface area contributed by atoms with Crippen LogP contribution in [0.15, 0.2) is 0 Å². The van der Waals surface area contributed by atoms with Crippen LogP contribution in [-0.2, 0) is 9.59 Å². The minimum absolute atomic E-state index is 0.0103. The minimum Gasteiger partial charge on any atom is -0.480 e. The average Bonchev–Trinajstić information content (AvgIpc) is 2.87. The Kier molecular flexibility index (Phi) is 4.76. The maximum Gasteiger partial charge on any atom is 0.326 e. The van der Waals surface area contributed by atoms with E-state index in [0.29, 0.717) is 19.4 Å². The van der Waals surface area contributed by atoms with Crippen molar-refractivity contribution in [2.24, 2.45) is 0 Å². The fourth-order valence-electron chi connectivity index (χ4n) is 2.79. The summed E-state index contributed by atoms with van der Waals surface area (Å²) in [6.45, 7) is 5.40. The zero-order chi connectivity index (χ0) is 13.8. The molecule has 1 amide bonds. The zero-order valence-corrected chi connectivity index (χ0v) is 11.5. The summed E-state index contributed by atoms with van der Waals surface area (Å²) in [7, 11) is 2.10. The normalized spacial score (nSPS) is 25.7. The van der Waals surface area contributed by atoms with Crippen molar-refractivity contribution < 1.29 is 14.7 Å². The van der Waals surface area contributed by atoms with Crippen LogP contribution in [0, 0.1) is 0 Å². The molecule has 2 fully saturated rings. The molecule has 2 rings (SSSR count). The molecule has 0 spiro atoms. The van der Waals surface area contributed by atoms with Gasteiger partial charge in [-0.1, -0.05) is 0 Å². The second kappa shape index (κ2) is 6.34. The molecule has 2 saturated heterocycles. The van der Waals surface area contributed by atoms with Crippen molar-refractivity contribution in [3.05, 3.63) is 0 Å². The molecule has 1 unspecified atom stereocenters. The van der Waals surface area contributed by atoms with Crippen LogP contribution in [0.25, 0.3) is 0 Å². The van der Waals surface area contributed by atoms with Gasteiger partial charge in [0, 0.05) is 45.7 Å². The van der Waals surface area contributed by atoms with Gasteiger partial charge in [0.1, 0.15) is 6.04 Å². The molecule has 2 aliphatic heterocycles. The van der Waals surface area contributed by atoms with Gasteiger partial charge in [-0.3, -0.25) is 4.79 Å². The number of carbonyl (C=O) groups excluding carboxylic acids is 1. The minimum atomic E-state index is -0.870. The highest BCUT2D eigenvalue weighted by molar-refractivity contribution is 5.84. The Labute approximate surface area is 114 Å². The van der Waals surface area contributed by atoms with Gasteiger partial charge >= 0.3 is 5.97 Å². The highest BCUT2D eigenvalue weighted by atomic mass is 16.4.